The second-order valence-corrected chi connectivity index (χ2v) is 4.54. The molecule has 3 heteroatoms. The van der Waals surface area contributed by atoms with E-state index in [0.717, 1.165) is 24.0 Å². The van der Waals surface area contributed by atoms with Gasteiger partial charge in [-0.1, -0.05) is 11.6 Å². The molecule has 0 heterocycles. The zero-order valence-corrected chi connectivity index (χ0v) is 8.80. The van der Waals surface area contributed by atoms with Crippen molar-refractivity contribution in [3.05, 3.63) is 28.3 Å². The number of phenols is 1. The molecule has 0 spiro atoms. The van der Waals surface area contributed by atoms with Crippen molar-refractivity contribution >= 4 is 11.6 Å². The first-order valence-electron chi connectivity index (χ1n) is 4.71. The van der Waals surface area contributed by atoms with Crippen molar-refractivity contribution in [1.29, 1.82) is 0 Å². The van der Waals surface area contributed by atoms with Gasteiger partial charge in [0.2, 0.25) is 0 Å². The summed E-state index contributed by atoms with van der Waals surface area (Å²) in [7, 11) is 0. The fourth-order valence-corrected chi connectivity index (χ4v) is 1.76. The molecular weight excluding hydrogens is 200 g/mol. The number of benzene rings is 1. The second kappa shape index (κ2) is 3.14. The number of aryl methyl sites for hydroxylation is 1. The predicted molar refractivity (Wildman–Crippen MR) is 55.7 cm³/mol. The van der Waals surface area contributed by atoms with Gasteiger partial charge in [-0.05, 0) is 43.0 Å². The molecule has 2 N–H and O–H groups in total. The number of aliphatic hydroxyl groups is 1. The Hall–Kier alpha value is -0.730. The van der Waals surface area contributed by atoms with Crippen LogP contribution in [-0.2, 0) is 6.42 Å². The van der Waals surface area contributed by atoms with Crippen LogP contribution in [0.1, 0.15) is 24.0 Å². The number of aromatic hydroxyl groups is 1. The van der Waals surface area contributed by atoms with E-state index in [1.54, 1.807) is 12.1 Å². The van der Waals surface area contributed by atoms with Crippen LogP contribution in [0.5, 0.6) is 5.75 Å². The van der Waals surface area contributed by atoms with Gasteiger partial charge < -0.3 is 10.2 Å². The lowest BCUT2D eigenvalue weighted by atomic mass is 10.0. The molecule has 0 aromatic heterocycles. The van der Waals surface area contributed by atoms with Gasteiger partial charge in [0, 0.05) is 6.42 Å². The SMILES string of the molecule is Cc1cc(O)c(Cl)cc1CC1(O)CC1. The Balaban J connectivity index is 2.29. The van der Waals surface area contributed by atoms with Crippen LogP contribution < -0.4 is 0 Å². The summed E-state index contributed by atoms with van der Waals surface area (Å²) in [6.07, 6.45) is 2.37. The highest BCUT2D eigenvalue weighted by atomic mass is 35.5. The van der Waals surface area contributed by atoms with Crippen LogP contribution in [0.25, 0.3) is 0 Å². The van der Waals surface area contributed by atoms with Crippen molar-refractivity contribution in [1.82, 2.24) is 0 Å². The van der Waals surface area contributed by atoms with E-state index in [4.69, 9.17) is 11.6 Å². The largest absolute Gasteiger partial charge is 0.506 e. The van der Waals surface area contributed by atoms with E-state index in [1.165, 1.54) is 0 Å². The van der Waals surface area contributed by atoms with Crippen molar-refractivity contribution in [3.8, 4) is 5.75 Å². The van der Waals surface area contributed by atoms with Gasteiger partial charge in [0.05, 0.1) is 10.6 Å². The van der Waals surface area contributed by atoms with Gasteiger partial charge in [0.1, 0.15) is 5.75 Å². The summed E-state index contributed by atoms with van der Waals surface area (Å²) in [6, 6.07) is 3.38. The molecule has 1 aromatic rings. The minimum Gasteiger partial charge on any atom is -0.506 e. The van der Waals surface area contributed by atoms with Gasteiger partial charge in [0.25, 0.3) is 0 Å². The number of halogens is 1. The minimum absolute atomic E-state index is 0.107. The average Bonchev–Trinajstić information content (AvgIpc) is 2.80. The lowest BCUT2D eigenvalue weighted by Gasteiger charge is -2.11. The summed E-state index contributed by atoms with van der Waals surface area (Å²) in [6.45, 7) is 1.91. The summed E-state index contributed by atoms with van der Waals surface area (Å²) < 4.78 is 0. The van der Waals surface area contributed by atoms with E-state index in [2.05, 4.69) is 0 Å². The molecular formula is C11H13ClO2. The molecule has 0 amide bonds. The van der Waals surface area contributed by atoms with Crippen LogP contribution in [0.2, 0.25) is 5.02 Å². The standard InChI is InChI=1S/C11H13ClO2/c1-7-4-10(13)9(12)5-8(7)6-11(14)2-3-11/h4-5,13-14H,2-3,6H2,1H3. The summed E-state index contributed by atoms with van der Waals surface area (Å²) in [5.74, 6) is 0.107. The molecule has 2 rings (SSSR count). The Morgan fingerprint density at radius 1 is 1.43 bits per heavy atom. The Morgan fingerprint density at radius 2 is 2.07 bits per heavy atom. The van der Waals surface area contributed by atoms with Gasteiger partial charge in [-0.25, -0.2) is 0 Å². The van der Waals surface area contributed by atoms with E-state index in [9.17, 15) is 10.2 Å². The van der Waals surface area contributed by atoms with Crippen LogP contribution in [0.4, 0.5) is 0 Å². The first kappa shape index (κ1) is 9.81. The van der Waals surface area contributed by atoms with Gasteiger partial charge in [-0.2, -0.15) is 0 Å². The molecule has 0 bridgehead atoms. The molecule has 0 saturated heterocycles. The summed E-state index contributed by atoms with van der Waals surface area (Å²) in [5.41, 5.74) is 1.49. The van der Waals surface area contributed by atoms with Crippen LogP contribution in [0, 0.1) is 6.92 Å². The molecule has 1 fully saturated rings. The average molecular weight is 213 g/mol. The topological polar surface area (TPSA) is 40.5 Å². The Kier molecular flexibility index (Phi) is 2.20. The normalized spacial score (nSPS) is 18.2. The number of hydrogen-bond acceptors (Lipinski definition) is 2. The smallest absolute Gasteiger partial charge is 0.134 e. The van der Waals surface area contributed by atoms with Crippen molar-refractivity contribution in [3.63, 3.8) is 0 Å². The maximum Gasteiger partial charge on any atom is 0.134 e. The van der Waals surface area contributed by atoms with Gasteiger partial charge >= 0.3 is 0 Å². The van der Waals surface area contributed by atoms with E-state index >= 15 is 0 Å². The third kappa shape index (κ3) is 1.86. The second-order valence-electron chi connectivity index (χ2n) is 4.13. The van der Waals surface area contributed by atoms with Crippen molar-refractivity contribution in [2.24, 2.45) is 0 Å². The minimum atomic E-state index is -0.509. The maximum atomic E-state index is 9.76. The lowest BCUT2D eigenvalue weighted by Crippen LogP contribution is -2.11. The van der Waals surface area contributed by atoms with Crippen LogP contribution in [0.15, 0.2) is 12.1 Å². The monoisotopic (exact) mass is 212 g/mol. The molecule has 0 unspecified atom stereocenters. The zero-order valence-electron chi connectivity index (χ0n) is 8.05. The molecule has 76 valence electrons. The predicted octanol–water partition coefficient (Wildman–Crippen LogP) is 2.42. The highest BCUT2D eigenvalue weighted by Crippen LogP contribution is 2.40. The van der Waals surface area contributed by atoms with Gasteiger partial charge in [-0.15, -0.1) is 0 Å². The highest BCUT2D eigenvalue weighted by molar-refractivity contribution is 6.32. The molecule has 0 aliphatic heterocycles. The van der Waals surface area contributed by atoms with Crippen LogP contribution in [0.3, 0.4) is 0 Å². The fraction of sp³-hybridized carbons (Fsp3) is 0.455. The molecule has 1 aliphatic rings. The van der Waals surface area contributed by atoms with Gasteiger partial charge in [-0.3, -0.25) is 0 Å². The third-order valence-corrected chi connectivity index (χ3v) is 3.05. The van der Waals surface area contributed by atoms with Crippen LogP contribution in [-0.4, -0.2) is 15.8 Å². The van der Waals surface area contributed by atoms with E-state index in [-0.39, 0.29) is 5.75 Å². The molecule has 14 heavy (non-hydrogen) atoms. The molecule has 1 saturated carbocycles. The summed E-state index contributed by atoms with van der Waals surface area (Å²) in [5, 5.41) is 19.5. The Morgan fingerprint density at radius 3 is 2.64 bits per heavy atom. The number of phenolic OH excluding ortho intramolecular Hbond substituents is 1. The number of rotatable bonds is 2. The van der Waals surface area contributed by atoms with E-state index in [1.807, 2.05) is 6.92 Å². The molecule has 1 aromatic carbocycles. The molecule has 0 atom stereocenters. The summed E-state index contributed by atoms with van der Waals surface area (Å²) in [4.78, 5) is 0. The lowest BCUT2D eigenvalue weighted by molar-refractivity contribution is 0.150. The molecule has 1 aliphatic carbocycles. The Labute approximate surface area is 88.1 Å². The quantitative estimate of drug-likeness (QED) is 0.791. The highest BCUT2D eigenvalue weighted by Gasteiger charge is 2.40. The van der Waals surface area contributed by atoms with Crippen molar-refractivity contribution < 1.29 is 10.2 Å². The number of hydrogen-bond donors (Lipinski definition) is 2. The van der Waals surface area contributed by atoms with Crippen molar-refractivity contribution in [2.45, 2.75) is 31.8 Å². The fourth-order valence-electron chi connectivity index (χ4n) is 1.57. The van der Waals surface area contributed by atoms with Gasteiger partial charge in [0.15, 0.2) is 0 Å². The van der Waals surface area contributed by atoms with Crippen LogP contribution >= 0.6 is 11.6 Å². The third-order valence-electron chi connectivity index (χ3n) is 2.75. The van der Waals surface area contributed by atoms with Crippen molar-refractivity contribution in [2.75, 3.05) is 0 Å². The Bertz CT molecular complexity index is 370. The molecule has 0 radical (unpaired) electrons. The summed E-state index contributed by atoms with van der Waals surface area (Å²) >= 11 is 5.80. The van der Waals surface area contributed by atoms with E-state index in [0.29, 0.717) is 11.4 Å². The first-order valence-corrected chi connectivity index (χ1v) is 5.08. The maximum absolute atomic E-state index is 9.76. The van der Waals surface area contributed by atoms with E-state index < -0.39 is 5.60 Å². The first-order chi connectivity index (χ1) is 6.50. The molecule has 2 nitrogen and oxygen atoms in total. The zero-order chi connectivity index (χ0) is 10.3.